The zero-order valence-electron chi connectivity index (χ0n) is 12.8. The summed E-state index contributed by atoms with van der Waals surface area (Å²) in [4.78, 5) is 18.1. The van der Waals surface area contributed by atoms with Crippen molar-refractivity contribution in [2.75, 3.05) is 0 Å². The van der Waals surface area contributed by atoms with E-state index in [1.54, 1.807) is 11.3 Å². The maximum Gasteiger partial charge on any atom is 0.252 e. The van der Waals surface area contributed by atoms with E-state index in [1.165, 1.54) is 0 Å². The topological polar surface area (TPSA) is 42.0 Å². The summed E-state index contributed by atoms with van der Waals surface area (Å²) in [7, 11) is 0. The highest BCUT2D eigenvalue weighted by molar-refractivity contribution is 14.1. The first kappa shape index (κ1) is 17.4. The fraction of sp³-hybridized carbons (Fsp3) is 0.111. The van der Waals surface area contributed by atoms with Gasteiger partial charge in [0.05, 0.1) is 17.8 Å². The smallest absolute Gasteiger partial charge is 0.252 e. The monoisotopic (exact) mass is 468 g/mol. The molecule has 1 heterocycles. The van der Waals surface area contributed by atoms with Crippen molar-refractivity contribution in [2.45, 2.75) is 13.5 Å². The Labute approximate surface area is 163 Å². The van der Waals surface area contributed by atoms with Crippen molar-refractivity contribution in [2.24, 2.45) is 0 Å². The first-order chi connectivity index (χ1) is 11.5. The normalized spacial score (nSPS) is 10.6. The lowest BCUT2D eigenvalue weighted by Gasteiger charge is -2.05. The van der Waals surface area contributed by atoms with Crippen molar-refractivity contribution in [3.05, 3.63) is 72.6 Å². The molecule has 1 aromatic heterocycles. The van der Waals surface area contributed by atoms with E-state index < -0.39 is 0 Å². The van der Waals surface area contributed by atoms with Crippen LogP contribution in [-0.4, -0.2) is 10.9 Å². The van der Waals surface area contributed by atoms with Crippen molar-refractivity contribution < 1.29 is 4.79 Å². The van der Waals surface area contributed by atoms with E-state index in [2.05, 4.69) is 32.9 Å². The predicted molar refractivity (Wildman–Crippen MR) is 108 cm³/mol. The van der Waals surface area contributed by atoms with Gasteiger partial charge in [0.2, 0.25) is 0 Å². The van der Waals surface area contributed by atoms with Crippen LogP contribution in [0.15, 0.2) is 48.5 Å². The van der Waals surface area contributed by atoms with Gasteiger partial charge in [-0.05, 0) is 53.8 Å². The summed E-state index contributed by atoms with van der Waals surface area (Å²) in [5.41, 5.74) is 2.66. The predicted octanol–water partition coefficient (Wildman–Crippen LogP) is 5.31. The highest BCUT2D eigenvalue weighted by Crippen LogP contribution is 2.28. The molecule has 0 saturated heterocycles. The Morgan fingerprint density at radius 3 is 2.62 bits per heavy atom. The zero-order chi connectivity index (χ0) is 17.1. The van der Waals surface area contributed by atoms with Crippen LogP contribution < -0.4 is 5.32 Å². The summed E-state index contributed by atoms with van der Waals surface area (Å²) < 4.78 is 0.935. The SMILES string of the molecule is Cc1sc(CNC(=O)c2ccccc2I)nc1-c1ccc(Cl)cc1. The van der Waals surface area contributed by atoms with Gasteiger partial charge >= 0.3 is 0 Å². The lowest BCUT2D eigenvalue weighted by Crippen LogP contribution is -2.23. The van der Waals surface area contributed by atoms with Gasteiger partial charge in [-0.3, -0.25) is 4.79 Å². The quantitative estimate of drug-likeness (QED) is 0.528. The molecule has 3 nitrogen and oxygen atoms in total. The van der Waals surface area contributed by atoms with Crippen LogP contribution in [0.25, 0.3) is 11.3 Å². The summed E-state index contributed by atoms with van der Waals surface area (Å²) in [5.74, 6) is -0.0825. The molecule has 1 N–H and O–H groups in total. The number of rotatable bonds is 4. The van der Waals surface area contributed by atoms with Gasteiger partial charge in [-0.25, -0.2) is 4.98 Å². The molecular formula is C18H14ClIN2OS. The van der Waals surface area contributed by atoms with Gasteiger partial charge in [0.1, 0.15) is 5.01 Å². The van der Waals surface area contributed by atoms with Crippen LogP contribution in [0.3, 0.4) is 0 Å². The molecule has 0 aliphatic rings. The molecular weight excluding hydrogens is 455 g/mol. The van der Waals surface area contributed by atoms with Gasteiger partial charge in [0.15, 0.2) is 0 Å². The zero-order valence-corrected chi connectivity index (χ0v) is 16.6. The highest BCUT2D eigenvalue weighted by atomic mass is 127. The van der Waals surface area contributed by atoms with E-state index in [1.807, 2.05) is 55.5 Å². The first-order valence-corrected chi connectivity index (χ1v) is 9.57. The van der Waals surface area contributed by atoms with Gasteiger partial charge in [0, 0.05) is 19.0 Å². The van der Waals surface area contributed by atoms with Gasteiger partial charge in [-0.15, -0.1) is 11.3 Å². The third-order valence-corrected chi connectivity index (χ3v) is 5.64. The second kappa shape index (κ2) is 7.63. The fourth-order valence-electron chi connectivity index (χ4n) is 2.30. The first-order valence-electron chi connectivity index (χ1n) is 7.29. The minimum absolute atomic E-state index is 0.0825. The van der Waals surface area contributed by atoms with E-state index >= 15 is 0 Å². The molecule has 0 fully saturated rings. The lowest BCUT2D eigenvalue weighted by molar-refractivity contribution is 0.0950. The van der Waals surface area contributed by atoms with Crippen LogP contribution in [0.1, 0.15) is 20.2 Å². The number of nitrogens with zero attached hydrogens (tertiary/aromatic N) is 1. The number of hydrogen-bond acceptors (Lipinski definition) is 3. The number of amides is 1. The second-order valence-corrected chi connectivity index (χ2v) is 8.07. The van der Waals surface area contributed by atoms with Crippen LogP contribution in [0.4, 0.5) is 0 Å². The minimum Gasteiger partial charge on any atom is -0.345 e. The number of carbonyl (C=O) groups excluding carboxylic acids is 1. The van der Waals surface area contributed by atoms with Crippen LogP contribution in [0.5, 0.6) is 0 Å². The Morgan fingerprint density at radius 2 is 1.92 bits per heavy atom. The molecule has 6 heteroatoms. The molecule has 0 atom stereocenters. The molecule has 3 rings (SSSR count). The van der Waals surface area contributed by atoms with Gasteiger partial charge in [0.25, 0.3) is 5.91 Å². The molecule has 0 radical (unpaired) electrons. The Morgan fingerprint density at radius 1 is 1.21 bits per heavy atom. The van der Waals surface area contributed by atoms with Crippen LogP contribution in [0.2, 0.25) is 5.02 Å². The summed E-state index contributed by atoms with van der Waals surface area (Å²) in [6.07, 6.45) is 0. The molecule has 2 aromatic carbocycles. The van der Waals surface area contributed by atoms with Crippen LogP contribution in [0, 0.1) is 10.5 Å². The third-order valence-electron chi connectivity index (χ3n) is 3.48. The largest absolute Gasteiger partial charge is 0.345 e. The third kappa shape index (κ3) is 3.96. The molecule has 0 aliphatic heterocycles. The number of thiazole rings is 1. The molecule has 0 unspecified atom stereocenters. The molecule has 1 amide bonds. The standard InChI is InChI=1S/C18H14ClIN2OS/c1-11-17(12-6-8-13(19)9-7-12)22-16(24-11)10-21-18(23)14-4-2-3-5-15(14)20/h2-9H,10H2,1H3,(H,21,23). The average molecular weight is 469 g/mol. The van der Waals surface area contributed by atoms with Gasteiger partial charge in [-0.2, -0.15) is 0 Å². The van der Waals surface area contributed by atoms with E-state index in [0.29, 0.717) is 17.1 Å². The van der Waals surface area contributed by atoms with E-state index in [9.17, 15) is 4.79 Å². The molecule has 24 heavy (non-hydrogen) atoms. The summed E-state index contributed by atoms with van der Waals surface area (Å²) in [5, 5.41) is 4.53. The maximum atomic E-state index is 12.3. The molecule has 0 saturated carbocycles. The van der Waals surface area contributed by atoms with Crippen molar-refractivity contribution in [3.8, 4) is 11.3 Å². The second-order valence-electron chi connectivity index (χ2n) is 5.18. The molecule has 0 aliphatic carbocycles. The Bertz CT molecular complexity index is 877. The van der Waals surface area contributed by atoms with Gasteiger partial charge < -0.3 is 5.32 Å². The number of halogens is 2. The van der Waals surface area contributed by atoms with Crippen molar-refractivity contribution in [1.29, 1.82) is 0 Å². The number of carbonyl (C=O) groups is 1. The lowest BCUT2D eigenvalue weighted by atomic mass is 10.1. The molecule has 0 spiro atoms. The highest BCUT2D eigenvalue weighted by Gasteiger charge is 2.12. The van der Waals surface area contributed by atoms with Gasteiger partial charge in [-0.1, -0.05) is 35.9 Å². The summed E-state index contributed by atoms with van der Waals surface area (Å²) in [6.45, 7) is 2.45. The number of hydrogen-bond donors (Lipinski definition) is 1. The molecule has 3 aromatic rings. The maximum absolute atomic E-state index is 12.3. The average Bonchev–Trinajstić information content (AvgIpc) is 2.95. The number of nitrogens with one attached hydrogen (secondary N) is 1. The van der Waals surface area contributed by atoms with E-state index in [0.717, 1.165) is 24.7 Å². The van der Waals surface area contributed by atoms with Crippen LogP contribution in [-0.2, 0) is 6.54 Å². The van der Waals surface area contributed by atoms with Crippen molar-refractivity contribution in [1.82, 2.24) is 10.3 Å². The fourth-order valence-corrected chi connectivity index (χ4v) is 3.95. The number of aryl methyl sites for hydroxylation is 1. The van der Waals surface area contributed by atoms with E-state index in [4.69, 9.17) is 11.6 Å². The summed E-state index contributed by atoms with van der Waals surface area (Å²) in [6, 6.07) is 15.1. The molecule has 0 bridgehead atoms. The van der Waals surface area contributed by atoms with Crippen molar-refractivity contribution >= 4 is 51.4 Å². The number of aromatic nitrogens is 1. The van der Waals surface area contributed by atoms with Crippen LogP contribution >= 0.6 is 45.5 Å². The number of benzene rings is 2. The Balaban J connectivity index is 1.73. The minimum atomic E-state index is -0.0825. The molecule has 122 valence electrons. The Kier molecular flexibility index (Phi) is 5.53. The van der Waals surface area contributed by atoms with Crippen molar-refractivity contribution in [3.63, 3.8) is 0 Å². The van der Waals surface area contributed by atoms with E-state index in [-0.39, 0.29) is 5.91 Å². The Hall–Kier alpha value is -1.44. The summed E-state index contributed by atoms with van der Waals surface area (Å²) >= 11 is 9.69.